The Kier molecular flexibility index (Phi) is 3.69. The molecule has 0 saturated heterocycles. The lowest BCUT2D eigenvalue weighted by atomic mass is 10.1. The number of aryl methyl sites for hydroxylation is 1. The van der Waals surface area contributed by atoms with E-state index >= 15 is 0 Å². The van der Waals surface area contributed by atoms with Gasteiger partial charge in [-0.15, -0.1) is 0 Å². The van der Waals surface area contributed by atoms with Gasteiger partial charge in [0.15, 0.2) is 0 Å². The van der Waals surface area contributed by atoms with Crippen molar-refractivity contribution < 1.29 is 4.52 Å². The second kappa shape index (κ2) is 5.50. The summed E-state index contributed by atoms with van der Waals surface area (Å²) in [6, 6.07) is 7.89. The van der Waals surface area contributed by atoms with Gasteiger partial charge in [0.05, 0.1) is 22.3 Å². The maximum atomic E-state index is 6.34. The van der Waals surface area contributed by atoms with Crippen molar-refractivity contribution in [3.05, 3.63) is 46.9 Å². The molecule has 0 fully saturated rings. The third-order valence-electron chi connectivity index (χ3n) is 3.85. The molecule has 5 nitrogen and oxygen atoms in total. The molecule has 0 spiro atoms. The van der Waals surface area contributed by atoms with E-state index in [0.29, 0.717) is 6.54 Å². The van der Waals surface area contributed by atoms with Crippen LogP contribution >= 0.6 is 11.6 Å². The predicted octanol–water partition coefficient (Wildman–Crippen LogP) is 3.41. The van der Waals surface area contributed by atoms with Crippen LogP contribution in [0.4, 0.5) is 0 Å². The number of fused-ring (bicyclic) bond motifs is 1. The van der Waals surface area contributed by atoms with Gasteiger partial charge in [0.1, 0.15) is 12.0 Å². The third kappa shape index (κ3) is 2.54. The normalized spacial score (nSPS) is 13.2. The van der Waals surface area contributed by atoms with Crippen LogP contribution in [0.5, 0.6) is 0 Å². The van der Waals surface area contributed by atoms with E-state index in [0.717, 1.165) is 27.3 Å². The maximum Gasteiger partial charge on any atom is 0.124 e. The van der Waals surface area contributed by atoms with Crippen LogP contribution in [0.3, 0.4) is 0 Å². The summed E-state index contributed by atoms with van der Waals surface area (Å²) in [5.41, 5.74) is 2.92. The molecule has 0 saturated carbocycles. The van der Waals surface area contributed by atoms with Gasteiger partial charge in [-0.2, -0.15) is 5.10 Å². The van der Waals surface area contributed by atoms with Crippen LogP contribution in [0.15, 0.2) is 35.1 Å². The molecule has 1 aromatic carbocycles. The predicted molar refractivity (Wildman–Crippen MR) is 82.1 cm³/mol. The molecule has 3 rings (SSSR count). The van der Waals surface area contributed by atoms with Gasteiger partial charge in [-0.3, -0.25) is 9.58 Å². The van der Waals surface area contributed by atoms with Crippen molar-refractivity contribution in [1.82, 2.24) is 19.8 Å². The Bertz CT molecular complexity index is 750. The van der Waals surface area contributed by atoms with Crippen LogP contribution in [0, 0.1) is 0 Å². The summed E-state index contributed by atoms with van der Waals surface area (Å²) in [7, 11) is 3.97. The quantitative estimate of drug-likeness (QED) is 0.741. The monoisotopic (exact) mass is 304 g/mol. The van der Waals surface area contributed by atoms with Crippen molar-refractivity contribution >= 4 is 22.5 Å². The SMILES string of the molecule is C[C@H](c1ccon1)N(C)Cc1nn(C)c2cccc(Cl)c12. The van der Waals surface area contributed by atoms with Gasteiger partial charge in [-0.25, -0.2) is 0 Å². The molecular weight excluding hydrogens is 288 g/mol. The highest BCUT2D eigenvalue weighted by atomic mass is 35.5. The number of hydrogen-bond donors (Lipinski definition) is 0. The average molecular weight is 305 g/mol. The van der Waals surface area contributed by atoms with Gasteiger partial charge < -0.3 is 4.52 Å². The second-order valence-electron chi connectivity index (χ2n) is 5.22. The van der Waals surface area contributed by atoms with E-state index in [4.69, 9.17) is 16.1 Å². The lowest BCUT2D eigenvalue weighted by molar-refractivity contribution is 0.238. The van der Waals surface area contributed by atoms with Gasteiger partial charge in [0, 0.05) is 25.0 Å². The molecule has 0 radical (unpaired) electrons. The summed E-state index contributed by atoms with van der Waals surface area (Å²) < 4.78 is 6.78. The molecule has 2 heterocycles. The Morgan fingerprint density at radius 2 is 2.19 bits per heavy atom. The highest BCUT2D eigenvalue weighted by molar-refractivity contribution is 6.35. The average Bonchev–Trinajstić information content (AvgIpc) is 3.08. The first-order chi connectivity index (χ1) is 10.1. The summed E-state index contributed by atoms with van der Waals surface area (Å²) in [6.45, 7) is 2.78. The van der Waals surface area contributed by atoms with Crippen LogP contribution in [0.1, 0.15) is 24.4 Å². The third-order valence-corrected chi connectivity index (χ3v) is 4.16. The summed E-state index contributed by atoms with van der Waals surface area (Å²) in [5, 5.41) is 10.3. The lowest BCUT2D eigenvalue weighted by Gasteiger charge is -2.21. The number of rotatable bonds is 4. The van der Waals surface area contributed by atoms with E-state index in [1.54, 1.807) is 6.26 Å². The fourth-order valence-corrected chi connectivity index (χ4v) is 2.78. The number of nitrogens with zero attached hydrogens (tertiary/aromatic N) is 4. The minimum absolute atomic E-state index is 0.142. The molecule has 21 heavy (non-hydrogen) atoms. The fraction of sp³-hybridized carbons (Fsp3) is 0.333. The summed E-state index contributed by atoms with van der Waals surface area (Å²) >= 11 is 6.34. The minimum atomic E-state index is 0.142. The van der Waals surface area contributed by atoms with Gasteiger partial charge in [0.25, 0.3) is 0 Å². The zero-order valence-corrected chi connectivity index (χ0v) is 13.0. The molecule has 0 aliphatic heterocycles. The standard InChI is InChI=1S/C15H17ClN4O/c1-10(12-7-8-21-18-12)19(2)9-13-15-11(16)5-4-6-14(15)20(3)17-13/h4-8,10H,9H2,1-3H3/t10-/m1/s1. The second-order valence-corrected chi connectivity index (χ2v) is 5.63. The molecule has 0 amide bonds. The Balaban J connectivity index is 1.91. The molecule has 0 bridgehead atoms. The minimum Gasteiger partial charge on any atom is -0.364 e. The van der Waals surface area contributed by atoms with Crippen molar-refractivity contribution in [2.75, 3.05) is 7.05 Å². The smallest absolute Gasteiger partial charge is 0.124 e. The van der Waals surface area contributed by atoms with Crippen molar-refractivity contribution in [2.24, 2.45) is 7.05 Å². The van der Waals surface area contributed by atoms with Crippen LogP contribution in [0.25, 0.3) is 10.9 Å². The van der Waals surface area contributed by atoms with Crippen LogP contribution in [0.2, 0.25) is 5.02 Å². The molecule has 0 aliphatic carbocycles. The van der Waals surface area contributed by atoms with Crippen molar-refractivity contribution in [3.63, 3.8) is 0 Å². The van der Waals surface area contributed by atoms with Gasteiger partial charge in [0.2, 0.25) is 0 Å². The molecule has 0 aliphatic rings. The summed E-state index contributed by atoms with van der Waals surface area (Å²) in [5.74, 6) is 0. The Morgan fingerprint density at radius 1 is 1.38 bits per heavy atom. The van der Waals surface area contributed by atoms with E-state index < -0.39 is 0 Å². The zero-order chi connectivity index (χ0) is 15.0. The zero-order valence-electron chi connectivity index (χ0n) is 12.2. The van der Waals surface area contributed by atoms with Gasteiger partial charge in [-0.05, 0) is 26.1 Å². The van der Waals surface area contributed by atoms with E-state index in [1.807, 2.05) is 43.0 Å². The summed E-state index contributed by atoms with van der Waals surface area (Å²) in [6.07, 6.45) is 1.59. The van der Waals surface area contributed by atoms with Crippen molar-refractivity contribution in [3.8, 4) is 0 Å². The van der Waals surface area contributed by atoms with Crippen LogP contribution < -0.4 is 0 Å². The van der Waals surface area contributed by atoms with Crippen LogP contribution in [-0.2, 0) is 13.6 Å². The Hall–Kier alpha value is -1.85. The maximum absolute atomic E-state index is 6.34. The fourth-order valence-electron chi connectivity index (χ4n) is 2.50. The number of halogens is 1. The van der Waals surface area contributed by atoms with Crippen molar-refractivity contribution in [2.45, 2.75) is 19.5 Å². The lowest BCUT2D eigenvalue weighted by Crippen LogP contribution is -2.22. The Labute approximate surface area is 128 Å². The highest BCUT2D eigenvalue weighted by Crippen LogP contribution is 2.28. The topological polar surface area (TPSA) is 47.1 Å². The highest BCUT2D eigenvalue weighted by Gasteiger charge is 2.18. The van der Waals surface area contributed by atoms with Crippen molar-refractivity contribution in [1.29, 1.82) is 0 Å². The first kappa shape index (κ1) is 14.1. The van der Waals surface area contributed by atoms with E-state index in [1.165, 1.54) is 0 Å². The van der Waals surface area contributed by atoms with E-state index in [2.05, 4.69) is 22.1 Å². The molecular formula is C15H17ClN4O. The van der Waals surface area contributed by atoms with E-state index in [9.17, 15) is 0 Å². The first-order valence-electron chi connectivity index (χ1n) is 6.78. The largest absolute Gasteiger partial charge is 0.364 e. The number of aromatic nitrogens is 3. The summed E-state index contributed by atoms with van der Waals surface area (Å²) in [4.78, 5) is 2.17. The molecule has 0 N–H and O–H groups in total. The van der Waals surface area contributed by atoms with Crippen LogP contribution in [-0.4, -0.2) is 26.9 Å². The molecule has 1 atom stereocenters. The van der Waals surface area contributed by atoms with Gasteiger partial charge in [-0.1, -0.05) is 22.8 Å². The molecule has 2 aromatic heterocycles. The molecule has 3 aromatic rings. The van der Waals surface area contributed by atoms with Gasteiger partial charge >= 0.3 is 0 Å². The Morgan fingerprint density at radius 3 is 2.90 bits per heavy atom. The molecule has 6 heteroatoms. The number of benzene rings is 1. The molecule has 110 valence electrons. The first-order valence-corrected chi connectivity index (χ1v) is 7.16. The number of hydrogen-bond acceptors (Lipinski definition) is 4. The van der Waals surface area contributed by atoms with E-state index in [-0.39, 0.29) is 6.04 Å². The molecule has 0 unspecified atom stereocenters.